The Morgan fingerprint density at radius 1 is 1.28 bits per heavy atom. The summed E-state index contributed by atoms with van der Waals surface area (Å²) in [5, 5.41) is 12.3. The zero-order chi connectivity index (χ0) is 17.4. The van der Waals surface area contributed by atoms with E-state index in [-0.39, 0.29) is 6.04 Å². The average molecular weight is 346 g/mol. The highest BCUT2D eigenvalue weighted by Gasteiger charge is 2.31. The summed E-state index contributed by atoms with van der Waals surface area (Å²) in [5.74, 6) is 3.44. The third-order valence-corrected chi connectivity index (χ3v) is 5.34. The van der Waals surface area contributed by atoms with Crippen molar-refractivity contribution in [3.63, 3.8) is 0 Å². The average Bonchev–Trinajstić information content (AvgIpc) is 3.22. The van der Waals surface area contributed by atoms with Gasteiger partial charge in [-0.3, -0.25) is 9.80 Å². The minimum absolute atomic E-state index is 0.109. The fourth-order valence-corrected chi connectivity index (χ4v) is 3.51. The van der Waals surface area contributed by atoms with Crippen LogP contribution in [-0.4, -0.2) is 56.3 Å². The standard InChI is InChI=1S/C17H26N6O2/c1-11(16-20-19-12(2)24-16)22(3)14-5-4-8-23(9-14)10-15-18-17(25-21-15)13-6-7-13/h11,13-14H,4-10H2,1-3H3/t11-,14-/m1/s1. The van der Waals surface area contributed by atoms with E-state index in [0.29, 0.717) is 23.7 Å². The third-order valence-electron chi connectivity index (χ3n) is 5.34. The van der Waals surface area contributed by atoms with E-state index < -0.39 is 0 Å². The molecule has 8 nitrogen and oxygen atoms in total. The molecular weight excluding hydrogens is 320 g/mol. The summed E-state index contributed by atoms with van der Waals surface area (Å²) in [4.78, 5) is 9.31. The minimum Gasteiger partial charge on any atom is -0.424 e. The third kappa shape index (κ3) is 3.74. The van der Waals surface area contributed by atoms with Crippen LogP contribution >= 0.6 is 0 Å². The van der Waals surface area contributed by atoms with Crippen molar-refractivity contribution in [1.29, 1.82) is 0 Å². The monoisotopic (exact) mass is 346 g/mol. The van der Waals surface area contributed by atoms with E-state index >= 15 is 0 Å². The fraction of sp³-hybridized carbons (Fsp3) is 0.765. The van der Waals surface area contributed by atoms with Crippen molar-refractivity contribution >= 4 is 0 Å². The Labute approximate surface area is 147 Å². The zero-order valence-corrected chi connectivity index (χ0v) is 15.2. The molecule has 1 aliphatic heterocycles. The number of likely N-dealkylation sites (N-methyl/N-ethyl adjacent to an activating group) is 1. The van der Waals surface area contributed by atoms with E-state index in [4.69, 9.17) is 8.94 Å². The van der Waals surface area contributed by atoms with Crippen molar-refractivity contribution in [1.82, 2.24) is 30.1 Å². The van der Waals surface area contributed by atoms with E-state index in [1.807, 2.05) is 6.92 Å². The Balaban J connectivity index is 1.36. The predicted octanol–water partition coefficient (Wildman–Crippen LogP) is 2.30. The van der Waals surface area contributed by atoms with Gasteiger partial charge in [0.05, 0.1) is 12.6 Å². The Morgan fingerprint density at radius 3 is 2.84 bits per heavy atom. The lowest BCUT2D eigenvalue weighted by molar-refractivity contribution is 0.0764. The molecule has 0 unspecified atom stereocenters. The van der Waals surface area contributed by atoms with Gasteiger partial charge < -0.3 is 8.94 Å². The van der Waals surface area contributed by atoms with Gasteiger partial charge in [-0.15, -0.1) is 10.2 Å². The predicted molar refractivity (Wildman–Crippen MR) is 89.8 cm³/mol. The molecule has 0 aromatic carbocycles. The molecule has 3 heterocycles. The molecular formula is C17H26N6O2. The maximum atomic E-state index is 5.60. The highest BCUT2D eigenvalue weighted by Crippen LogP contribution is 2.38. The van der Waals surface area contributed by atoms with E-state index in [1.54, 1.807) is 0 Å². The van der Waals surface area contributed by atoms with Crippen molar-refractivity contribution in [3.05, 3.63) is 23.5 Å². The van der Waals surface area contributed by atoms with Crippen molar-refractivity contribution in [2.45, 2.75) is 64.1 Å². The lowest BCUT2D eigenvalue weighted by atomic mass is 10.0. The number of aromatic nitrogens is 4. The molecule has 136 valence electrons. The number of aryl methyl sites for hydroxylation is 1. The molecule has 2 aromatic rings. The van der Waals surface area contributed by atoms with Crippen LogP contribution < -0.4 is 0 Å². The number of hydrogen-bond donors (Lipinski definition) is 0. The first kappa shape index (κ1) is 16.7. The van der Waals surface area contributed by atoms with Gasteiger partial charge in [0.1, 0.15) is 0 Å². The van der Waals surface area contributed by atoms with E-state index in [1.165, 1.54) is 19.3 Å². The highest BCUT2D eigenvalue weighted by atomic mass is 16.5. The van der Waals surface area contributed by atoms with Gasteiger partial charge in [0.15, 0.2) is 5.82 Å². The Morgan fingerprint density at radius 2 is 2.12 bits per heavy atom. The first-order chi connectivity index (χ1) is 12.1. The fourth-order valence-electron chi connectivity index (χ4n) is 3.51. The summed E-state index contributed by atoms with van der Waals surface area (Å²) < 4.78 is 11.0. The Hall–Kier alpha value is -1.80. The molecule has 4 rings (SSSR count). The van der Waals surface area contributed by atoms with Crippen LogP contribution in [0, 0.1) is 6.92 Å². The van der Waals surface area contributed by atoms with Gasteiger partial charge in [0.25, 0.3) is 0 Å². The number of piperidine rings is 1. The van der Waals surface area contributed by atoms with Crippen LogP contribution in [0.25, 0.3) is 0 Å². The van der Waals surface area contributed by atoms with Crippen LogP contribution in [-0.2, 0) is 6.54 Å². The molecule has 25 heavy (non-hydrogen) atoms. The van der Waals surface area contributed by atoms with Gasteiger partial charge in [-0.1, -0.05) is 5.16 Å². The second-order valence-corrected chi connectivity index (χ2v) is 7.36. The Bertz CT molecular complexity index is 710. The summed E-state index contributed by atoms with van der Waals surface area (Å²) in [7, 11) is 2.14. The van der Waals surface area contributed by atoms with Crippen molar-refractivity contribution in [2.75, 3.05) is 20.1 Å². The molecule has 2 fully saturated rings. The molecule has 0 amide bonds. The SMILES string of the molecule is Cc1nnc([C@@H](C)N(C)[C@@H]2CCCN(Cc3noc(C4CC4)n3)C2)o1. The van der Waals surface area contributed by atoms with Crippen LogP contribution in [0.3, 0.4) is 0 Å². The van der Waals surface area contributed by atoms with Crippen LogP contribution in [0.4, 0.5) is 0 Å². The summed E-state index contributed by atoms with van der Waals surface area (Å²) in [6.07, 6.45) is 4.71. The molecule has 0 spiro atoms. The summed E-state index contributed by atoms with van der Waals surface area (Å²) in [5.41, 5.74) is 0. The van der Waals surface area contributed by atoms with E-state index in [0.717, 1.165) is 37.8 Å². The molecule has 2 atom stereocenters. The summed E-state index contributed by atoms with van der Waals surface area (Å²) >= 11 is 0. The van der Waals surface area contributed by atoms with Crippen LogP contribution in [0.5, 0.6) is 0 Å². The van der Waals surface area contributed by atoms with Crippen LogP contribution in [0.15, 0.2) is 8.94 Å². The van der Waals surface area contributed by atoms with Crippen LogP contribution in [0.2, 0.25) is 0 Å². The second-order valence-electron chi connectivity index (χ2n) is 7.36. The molecule has 8 heteroatoms. The Kier molecular flexibility index (Phi) is 4.56. The number of likely N-dealkylation sites (tertiary alicyclic amines) is 1. The van der Waals surface area contributed by atoms with Gasteiger partial charge in [-0.05, 0) is 46.2 Å². The molecule has 0 N–H and O–H groups in total. The van der Waals surface area contributed by atoms with E-state index in [2.05, 4.69) is 44.1 Å². The van der Waals surface area contributed by atoms with Gasteiger partial charge in [-0.2, -0.15) is 4.98 Å². The van der Waals surface area contributed by atoms with Gasteiger partial charge in [-0.25, -0.2) is 0 Å². The molecule has 1 saturated heterocycles. The number of rotatable bonds is 6. The molecule has 2 aromatic heterocycles. The van der Waals surface area contributed by atoms with Crippen molar-refractivity contribution in [2.24, 2.45) is 0 Å². The lowest BCUT2D eigenvalue weighted by Crippen LogP contribution is -2.47. The molecule has 1 aliphatic carbocycles. The molecule has 2 aliphatic rings. The summed E-state index contributed by atoms with van der Waals surface area (Å²) in [6.45, 7) is 6.76. The molecule has 0 bridgehead atoms. The van der Waals surface area contributed by atoms with Gasteiger partial charge >= 0.3 is 0 Å². The topological polar surface area (TPSA) is 84.3 Å². The normalized spacial score (nSPS) is 23.3. The first-order valence-corrected chi connectivity index (χ1v) is 9.17. The maximum Gasteiger partial charge on any atom is 0.233 e. The first-order valence-electron chi connectivity index (χ1n) is 9.17. The molecule has 1 saturated carbocycles. The number of hydrogen-bond acceptors (Lipinski definition) is 8. The quantitative estimate of drug-likeness (QED) is 0.788. The van der Waals surface area contributed by atoms with E-state index in [9.17, 15) is 0 Å². The largest absolute Gasteiger partial charge is 0.424 e. The van der Waals surface area contributed by atoms with Gasteiger partial charge in [0, 0.05) is 25.4 Å². The minimum atomic E-state index is 0.109. The van der Waals surface area contributed by atoms with Crippen LogP contribution in [0.1, 0.15) is 68.1 Å². The van der Waals surface area contributed by atoms with Crippen molar-refractivity contribution < 1.29 is 8.94 Å². The maximum absolute atomic E-state index is 5.60. The highest BCUT2D eigenvalue weighted by molar-refractivity contribution is 5.02. The lowest BCUT2D eigenvalue weighted by Gasteiger charge is -2.38. The summed E-state index contributed by atoms with van der Waals surface area (Å²) in [6, 6.07) is 0.559. The number of nitrogens with zero attached hydrogens (tertiary/aromatic N) is 6. The van der Waals surface area contributed by atoms with Gasteiger partial charge in [0.2, 0.25) is 17.7 Å². The van der Waals surface area contributed by atoms with Crippen molar-refractivity contribution in [3.8, 4) is 0 Å². The molecule has 0 radical (unpaired) electrons. The smallest absolute Gasteiger partial charge is 0.233 e. The second kappa shape index (κ2) is 6.84. The zero-order valence-electron chi connectivity index (χ0n) is 15.2.